The second-order valence-corrected chi connectivity index (χ2v) is 5.94. The molecule has 2 fully saturated rings. The summed E-state index contributed by atoms with van der Waals surface area (Å²) < 4.78 is 0. The minimum Gasteiger partial charge on any atom is -0.355 e. The Labute approximate surface area is 116 Å². The summed E-state index contributed by atoms with van der Waals surface area (Å²) in [5, 5.41) is 1.05. The maximum atomic E-state index is 6.24. The normalized spacial score (nSPS) is 26.5. The zero-order chi connectivity index (χ0) is 12.7. The van der Waals surface area contributed by atoms with Gasteiger partial charge in [0.1, 0.15) is 5.82 Å². The van der Waals surface area contributed by atoms with Crippen LogP contribution in [0.15, 0.2) is 6.07 Å². The summed E-state index contributed by atoms with van der Waals surface area (Å²) >= 11 is 12.2. The number of aromatic nitrogens is 1. The molecular weight excluding hydrogens is 271 g/mol. The Bertz CT molecular complexity index is 454. The van der Waals surface area contributed by atoms with Gasteiger partial charge in [-0.2, -0.15) is 0 Å². The molecule has 2 unspecified atom stereocenters. The molecule has 1 aliphatic carbocycles. The number of halogens is 2. The van der Waals surface area contributed by atoms with Gasteiger partial charge >= 0.3 is 0 Å². The maximum absolute atomic E-state index is 6.24. The maximum Gasteiger partial charge on any atom is 0.161 e. The zero-order valence-corrected chi connectivity index (χ0v) is 11.5. The largest absolute Gasteiger partial charge is 0.355 e. The molecule has 3 N–H and O–H groups in total. The van der Waals surface area contributed by atoms with E-state index < -0.39 is 0 Å². The third-order valence-electron chi connectivity index (χ3n) is 4.07. The lowest BCUT2D eigenvalue weighted by Gasteiger charge is -2.20. The first-order chi connectivity index (χ1) is 8.69. The van der Waals surface area contributed by atoms with E-state index in [1.165, 1.54) is 19.3 Å². The average molecular weight is 287 g/mol. The Hall–Kier alpha value is -0.710. The van der Waals surface area contributed by atoms with Gasteiger partial charge in [-0.3, -0.25) is 0 Å². The first-order valence-corrected chi connectivity index (χ1v) is 7.02. The molecule has 1 aromatic heterocycles. The first kappa shape index (κ1) is 12.3. The molecule has 6 heteroatoms. The van der Waals surface area contributed by atoms with Gasteiger partial charge in [0.2, 0.25) is 0 Å². The van der Waals surface area contributed by atoms with Gasteiger partial charge in [0.15, 0.2) is 5.82 Å². The van der Waals surface area contributed by atoms with Crippen molar-refractivity contribution in [2.45, 2.75) is 19.3 Å². The third kappa shape index (κ3) is 2.02. The van der Waals surface area contributed by atoms with Gasteiger partial charge in [-0.1, -0.05) is 29.6 Å². The number of pyridine rings is 1. The van der Waals surface area contributed by atoms with E-state index in [4.69, 9.17) is 29.0 Å². The van der Waals surface area contributed by atoms with Crippen molar-refractivity contribution in [3.05, 3.63) is 16.1 Å². The van der Waals surface area contributed by atoms with Gasteiger partial charge in [-0.25, -0.2) is 10.8 Å². The highest BCUT2D eigenvalue weighted by Gasteiger charge is 2.37. The molecule has 0 aromatic carbocycles. The Morgan fingerprint density at radius 2 is 1.89 bits per heavy atom. The fraction of sp³-hybridized carbons (Fsp3) is 0.583. The molecule has 0 radical (unpaired) electrons. The standard InChI is InChI=1S/C12H16Cl2N4/c13-9-4-10(14)12(16-11(9)17-15)18-5-7-2-1-3-8(7)6-18/h4,7-8H,1-3,5-6,15H2,(H,16,17). The van der Waals surface area contributed by atoms with E-state index in [1.54, 1.807) is 6.07 Å². The summed E-state index contributed by atoms with van der Waals surface area (Å²) in [7, 11) is 0. The summed E-state index contributed by atoms with van der Waals surface area (Å²) in [4.78, 5) is 6.68. The molecule has 2 aliphatic rings. The van der Waals surface area contributed by atoms with Crippen LogP contribution in [0, 0.1) is 11.8 Å². The molecule has 1 aromatic rings. The number of hydrogen-bond acceptors (Lipinski definition) is 4. The molecule has 4 nitrogen and oxygen atoms in total. The zero-order valence-electron chi connectivity index (χ0n) is 10.00. The van der Waals surface area contributed by atoms with Crippen molar-refractivity contribution in [2.75, 3.05) is 23.4 Å². The molecule has 2 heterocycles. The molecule has 1 aliphatic heterocycles. The van der Waals surface area contributed by atoms with Gasteiger partial charge in [0.25, 0.3) is 0 Å². The highest BCUT2D eigenvalue weighted by molar-refractivity contribution is 6.37. The van der Waals surface area contributed by atoms with Crippen molar-refractivity contribution < 1.29 is 0 Å². The second-order valence-electron chi connectivity index (χ2n) is 5.12. The number of hydrazine groups is 1. The number of rotatable bonds is 2. The number of nitrogen functional groups attached to an aromatic ring is 1. The van der Waals surface area contributed by atoms with Gasteiger partial charge < -0.3 is 10.3 Å². The molecule has 1 saturated heterocycles. The predicted molar refractivity (Wildman–Crippen MR) is 75.1 cm³/mol. The highest BCUT2D eigenvalue weighted by atomic mass is 35.5. The number of anilines is 2. The number of hydrogen-bond donors (Lipinski definition) is 2. The minimum atomic E-state index is 0.450. The lowest BCUT2D eigenvalue weighted by molar-refractivity contribution is 0.494. The molecular formula is C12H16Cl2N4. The lowest BCUT2D eigenvalue weighted by Crippen LogP contribution is -2.23. The van der Waals surface area contributed by atoms with Crippen LogP contribution in [0.3, 0.4) is 0 Å². The molecule has 2 atom stereocenters. The van der Waals surface area contributed by atoms with Gasteiger partial charge in [-0.15, -0.1) is 0 Å². The smallest absolute Gasteiger partial charge is 0.161 e. The molecule has 18 heavy (non-hydrogen) atoms. The van der Waals surface area contributed by atoms with Crippen LogP contribution < -0.4 is 16.2 Å². The van der Waals surface area contributed by atoms with Crippen LogP contribution in [0.1, 0.15) is 19.3 Å². The van der Waals surface area contributed by atoms with E-state index in [9.17, 15) is 0 Å². The van der Waals surface area contributed by atoms with E-state index in [0.717, 1.165) is 30.7 Å². The molecule has 0 spiro atoms. The van der Waals surface area contributed by atoms with Crippen molar-refractivity contribution in [3.63, 3.8) is 0 Å². The topological polar surface area (TPSA) is 54.2 Å². The summed E-state index contributed by atoms with van der Waals surface area (Å²) in [5.74, 6) is 8.27. The van der Waals surface area contributed by atoms with Crippen molar-refractivity contribution in [2.24, 2.45) is 17.7 Å². The molecule has 0 amide bonds. The Kier molecular flexibility index (Phi) is 3.26. The lowest BCUT2D eigenvalue weighted by atomic mass is 10.0. The van der Waals surface area contributed by atoms with E-state index in [-0.39, 0.29) is 0 Å². The monoisotopic (exact) mass is 286 g/mol. The number of nitrogens with zero attached hydrogens (tertiary/aromatic N) is 2. The van der Waals surface area contributed by atoms with E-state index in [1.807, 2.05) is 0 Å². The van der Waals surface area contributed by atoms with Crippen LogP contribution in [0.4, 0.5) is 11.6 Å². The second kappa shape index (κ2) is 4.76. The Morgan fingerprint density at radius 3 is 2.50 bits per heavy atom. The summed E-state index contributed by atoms with van der Waals surface area (Å²) in [6.45, 7) is 2.09. The fourth-order valence-electron chi connectivity index (χ4n) is 3.19. The van der Waals surface area contributed by atoms with Crippen LogP contribution in [0.2, 0.25) is 10.0 Å². The van der Waals surface area contributed by atoms with Gasteiger partial charge in [0, 0.05) is 13.1 Å². The predicted octanol–water partition coefficient (Wildman–Crippen LogP) is 2.91. The van der Waals surface area contributed by atoms with Crippen molar-refractivity contribution in [1.82, 2.24) is 4.98 Å². The van der Waals surface area contributed by atoms with Crippen LogP contribution >= 0.6 is 23.2 Å². The van der Waals surface area contributed by atoms with Crippen LogP contribution in [-0.2, 0) is 0 Å². The van der Waals surface area contributed by atoms with Crippen molar-refractivity contribution in [3.8, 4) is 0 Å². The van der Waals surface area contributed by atoms with Crippen LogP contribution in [-0.4, -0.2) is 18.1 Å². The Morgan fingerprint density at radius 1 is 1.22 bits per heavy atom. The average Bonchev–Trinajstić information content (AvgIpc) is 2.89. The number of nitrogens with two attached hydrogens (primary N) is 1. The summed E-state index contributed by atoms with van der Waals surface area (Å²) in [6.07, 6.45) is 4.02. The molecule has 1 saturated carbocycles. The van der Waals surface area contributed by atoms with E-state index in [2.05, 4.69) is 15.3 Å². The van der Waals surface area contributed by atoms with E-state index in [0.29, 0.717) is 15.9 Å². The molecule has 0 bridgehead atoms. The summed E-state index contributed by atoms with van der Waals surface area (Å²) in [5.41, 5.74) is 2.51. The summed E-state index contributed by atoms with van der Waals surface area (Å²) in [6, 6.07) is 1.70. The van der Waals surface area contributed by atoms with Crippen molar-refractivity contribution >= 4 is 34.8 Å². The SMILES string of the molecule is NNc1nc(N2CC3CCCC3C2)c(Cl)cc1Cl. The highest BCUT2D eigenvalue weighted by Crippen LogP contribution is 2.41. The van der Waals surface area contributed by atoms with Gasteiger partial charge in [0.05, 0.1) is 10.0 Å². The first-order valence-electron chi connectivity index (χ1n) is 6.26. The van der Waals surface area contributed by atoms with Gasteiger partial charge in [-0.05, 0) is 30.7 Å². The molecule has 3 rings (SSSR count). The number of fused-ring (bicyclic) bond motifs is 1. The van der Waals surface area contributed by atoms with Crippen molar-refractivity contribution in [1.29, 1.82) is 0 Å². The fourth-order valence-corrected chi connectivity index (χ4v) is 3.72. The quantitative estimate of drug-likeness (QED) is 0.648. The number of nitrogens with one attached hydrogen (secondary N) is 1. The third-order valence-corrected chi connectivity index (χ3v) is 4.64. The van der Waals surface area contributed by atoms with E-state index >= 15 is 0 Å². The minimum absolute atomic E-state index is 0.450. The molecule has 98 valence electrons. The Balaban J connectivity index is 1.88. The van der Waals surface area contributed by atoms with Crippen LogP contribution in [0.5, 0.6) is 0 Å². The van der Waals surface area contributed by atoms with Crippen LogP contribution in [0.25, 0.3) is 0 Å².